The summed E-state index contributed by atoms with van der Waals surface area (Å²) in [5.74, 6) is 0.545. The molecule has 2 aromatic rings. The topological polar surface area (TPSA) is 53.1 Å². The zero-order chi connectivity index (χ0) is 14.8. The number of amidine groups is 1. The zero-order valence-corrected chi connectivity index (χ0v) is 12.5. The summed E-state index contributed by atoms with van der Waals surface area (Å²) in [6.07, 6.45) is 1.11. The van der Waals surface area contributed by atoms with Crippen LogP contribution in [0.25, 0.3) is 0 Å². The third-order valence-corrected chi connectivity index (χ3v) is 4.38. The van der Waals surface area contributed by atoms with Crippen LogP contribution in [0.2, 0.25) is 5.02 Å². The maximum Gasteiger partial charge on any atom is 0.126 e. The van der Waals surface area contributed by atoms with Crippen molar-refractivity contribution in [2.75, 3.05) is 18.0 Å². The molecule has 1 aliphatic heterocycles. The van der Waals surface area contributed by atoms with Crippen LogP contribution >= 0.6 is 11.6 Å². The molecular weight excluding hydrogens is 282 g/mol. The maximum absolute atomic E-state index is 7.76. The van der Waals surface area contributed by atoms with Crippen LogP contribution in [0.3, 0.4) is 0 Å². The molecule has 0 bridgehead atoms. The second-order valence-corrected chi connectivity index (χ2v) is 5.80. The fourth-order valence-electron chi connectivity index (χ4n) is 3.02. The first-order chi connectivity index (χ1) is 10.2. The number of nitrogens with zero attached hydrogens (tertiary/aromatic N) is 1. The van der Waals surface area contributed by atoms with Crippen LogP contribution in [0.1, 0.15) is 23.5 Å². The Labute approximate surface area is 129 Å². The molecule has 1 heterocycles. The van der Waals surface area contributed by atoms with E-state index in [9.17, 15) is 0 Å². The Morgan fingerprint density at radius 2 is 1.90 bits per heavy atom. The van der Waals surface area contributed by atoms with E-state index < -0.39 is 0 Å². The molecule has 1 unspecified atom stereocenters. The van der Waals surface area contributed by atoms with Crippen LogP contribution in [0, 0.1) is 5.41 Å². The Bertz CT molecular complexity index is 654. The Morgan fingerprint density at radius 3 is 2.62 bits per heavy atom. The first-order valence-electron chi connectivity index (χ1n) is 7.09. The Balaban J connectivity index is 1.87. The number of rotatable bonds is 3. The lowest BCUT2D eigenvalue weighted by atomic mass is 9.99. The van der Waals surface area contributed by atoms with E-state index in [0.29, 0.717) is 16.5 Å². The van der Waals surface area contributed by atoms with Gasteiger partial charge in [-0.2, -0.15) is 0 Å². The molecule has 4 heteroatoms. The van der Waals surface area contributed by atoms with Gasteiger partial charge >= 0.3 is 0 Å². The van der Waals surface area contributed by atoms with E-state index in [1.165, 1.54) is 5.56 Å². The van der Waals surface area contributed by atoms with Crippen LogP contribution in [0.15, 0.2) is 48.5 Å². The largest absolute Gasteiger partial charge is 0.384 e. The van der Waals surface area contributed by atoms with Crippen molar-refractivity contribution >= 4 is 23.1 Å². The third-order valence-electron chi connectivity index (χ3n) is 4.06. The smallest absolute Gasteiger partial charge is 0.126 e. The fraction of sp³-hybridized carbons (Fsp3) is 0.235. The van der Waals surface area contributed by atoms with Gasteiger partial charge in [-0.05, 0) is 24.1 Å². The lowest BCUT2D eigenvalue weighted by molar-refractivity contribution is 0.775. The maximum atomic E-state index is 7.76. The molecule has 0 saturated carbocycles. The Kier molecular flexibility index (Phi) is 3.84. The van der Waals surface area contributed by atoms with Crippen LogP contribution in [0.5, 0.6) is 0 Å². The molecule has 1 aliphatic rings. The highest BCUT2D eigenvalue weighted by molar-refractivity contribution is 6.34. The lowest BCUT2D eigenvalue weighted by Gasteiger charge is -2.22. The molecule has 0 aliphatic carbocycles. The lowest BCUT2D eigenvalue weighted by Crippen LogP contribution is -2.24. The predicted molar refractivity (Wildman–Crippen MR) is 88.5 cm³/mol. The van der Waals surface area contributed by atoms with Crippen molar-refractivity contribution < 1.29 is 0 Å². The zero-order valence-electron chi connectivity index (χ0n) is 11.7. The summed E-state index contributed by atoms with van der Waals surface area (Å²) in [4.78, 5) is 2.28. The molecule has 2 aromatic carbocycles. The molecule has 108 valence electrons. The van der Waals surface area contributed by atoms with E-state index >= 15 is 0 Å². The second-order valence-electron chi connectivity index (χ2n) is 5.39. The Morgan fingerprint density at radius 1 is 1.14 bits per heavy atom. The van der Waals surface area contributed by atoms with Crippen molar-refractivity contribution in [2.45, 2.75) is 12.3 Å². The number of hydrogen-bond donors (Lipinski definition) is 2. The molecule has 1 saturated heterocycles. The molecule has 1 atom stereocenters. The van der Waals surface area contributed by atoms with Gasteiger partial charge in [0.2, 0.25) is 0 Å². The summed E-state index contributed by atoms with van der Waals surface area (Å²) in [5, 5.41) is 8.31. The van der Waals surface area contributed by atoms with Gasteiger partial charge in [0, 0.05) is 24.7 Å². The summed E-state index contributed by atoms with van der Waals surface area (Å²) in [6, 6.07) is 16.3. The molecule has 1 fully saturated rings. The summed E-state index contributed by atoms with van der Waals surface area (Å²) in [7, 11) is 0. The standard InChI is InChI=1S/C17H18ClN3/c18-14-7-4-8-15(16(14)17(19)20)21-10-9-13(11-21)12-5-2-1-3-6-12/h1-8,13H,9-11H2,(H3,19,20). The summed E-state index contributed by atoms with van der Waals surface area (Å²) in [5.41, 5.74) is 8.68. The highest BCUT2D eigenvalue weighted by Gasteiger charge is 2.26. The minimum Gasteiger partial charge on any atom is -0.384 e. The quantitative estimate of drug-likeness (QED) is 0.672. The molecule has 0 amide bonds. The summed E-state index contributed by atoms with van der Waals surface area (Å²) in [6.45, 7) is 1.89. The number of nitrogen functional groups attached to an aromatic ring is 1. The van der Waals surface area contributed by atoms with Crippen LogP contribution < -0.4 is 10.6 Å². The van der Waals surface area contributed by atoms with Crippen LogP contribution in [0.4, 0.5) is 5.69 Å². The van der Waals surface area contributed by atoms with E-state index in [1.54, 1.807) is 6.07 Å². The van der Waals surface area contributed by atoms with Gasteiger partial charge in [-0.1, -0.05) is 48.0 Å². The summed E-state index contributed by atoms with van der Waals surface area (Å²) < 4.78 is 0. The Hall–Kier alpha value is -2.00. The van der Waals surface area contributed by atoms with Crippen molar-refractivity contribution in [3.05, 3.63) is 64.7 Å². The van der Waals surface area contributed by atoms with E-state index in [1.807, 2.05) is 18.2 Å². The van der Waals surface area contributed by atoms with Crippen molar-refractivity contribution in [3.63, 3.8) is 0 Å². The molecule has 3 rings (SSSR count). The molecule has 21 heavy (non-hydrogen) atoms. The van der Waals surface area contributed by atoms with Gasteiger partial charge in [0.1, 0.15) is 5.84 Å². The highest BCUT2D eigenvalue weighted by Crippen LogP contribution is 2.34. The van der Waals surface area contributed by atoms with Crippen molar-refractivity contribution in [2.24, 2.45) is 5.73 Å². The normalized spacial score (nSPS) is 18.0. The number of anilines is 1. The number of benzene rings is 2. The van der Waals surface area contributed by atoms with Crippen LogP contribution in [-0.4, -0.2) is 18.9 Å². The molecule has 0 spiro atoms. The highest BCUT2D eigenvalue weighted by atomic mass is 35.5. The molecule has 3 N–H and O–H groups in total. The van der Waals surface area contributed by atoms with Crippen molar-refractivity contribution in [3.8, 4) is 0 Å². The number of halogens is 1. The van der Waals surface area contributed by atoms with Gasteiger partial charge in [-0.3, -0.25) is 5.41 Å². The SMILES string of the molecule is N=C(N)c1c(Cl)cccc1N1CCC(c2ccccc2)C1. The molecule has 0 radical (unpaired) electrons. The minimum atomic E-state index is 0.0266. The van der Waals surface area contributed by atoms with E-state index in [2.05, 4.69) is 29.2 Å². The van der Waals surface area contributed by atoms with Crippen LogP contribution in [-0.2, 0) is 0 Å². The first kappa shape index (κ1) is 14.0. The molecule has 0 aromatic heterocycles. The van der Waals surface area contributed by atoms with E-state index in [4.69, 9.17) is 22.7 Å². The van der Waals surface area contributed by atoms with Gasteiger partial charge in [0.25, 0.3) is 0 Å². The molecule has 3 nitrogen and oxygen atoms in total. The van der Waals surface area contributed by atoms with Gasteiger partial charge in [0.15, 0.2) is 0 Å². The first-order valence-corrected chi connectivity index (χ1v) is 7.47. The summed E-state index contributed by atoms with van der Waals surface area (Å²) >= 11 is 6.21. The third kappa shape index (κ3) is 2.74. The van der Waals surface area contributed by atoms with Crippen molar-refractivity contribution in [1.82, 2.24) is 0 Å². The van der Waals surface area contributed by atoms with Gasteiger partial charge in [-0.15, -0.1) is 0 Å². The fourth-order valence-corrected chi connectivity index (χ4v) is 3.29. The minimum absolute atomic E-state index is 0.0266. The predicted octanol–water partition coefficient (Wildman–Crippen LogP) is 3.62. The average Bonchev–Trinajstić information content (AvgIpc) is 2.97. The van der Waals surface area contributed by atoms with Gasteiger partial charge in [-0.25, -0.2) is 0 Å². The van der Waals surface area contributed by atoms with E-state index in [-0.39, 0.29) is 5.84 Å². The van der Waals surface area contributed by atoms with Gasteiger partial charge < -0.3 is 10.6 Å². The number of nitrogens with two attached hydrogens (primary N) is 1. The number of hydrogen-bond acceptors (Lipinski definition) is 2. The monoisotopic (exact) mass is 299 g/mol. The van der Waals surface area contributed by atoms with E-state index in [0.717, 1.165) is 25.2 Å². The molecular formula is C17H18ClN3. The second kappa shape index (κ2) is 5.78. The average molecular weight is 300 g/mol. The number of nitrogens with one attached hydrogen (secondary N) is 1. The van der Waals surface area contributed by atoms with Gasteiger partial charge in [0.05, 0.1) is 10.6 Å². The van der Waals surface area contributed by atoms with Crippen molar-refractivity contribution in [1.29, 1.82) is 5.41 Å².